The van der Waals surface area contributed by atoms with Crippen molar-refractivity contribution < 1.29 is 14.2 Å². The smallest absolute Gasteiger partial charge is 0.161 e. The van der Waals surface area contributed by atoms with Crippen LogP contribution >= 0.6 is 11.3 Å². The molecule has 6 nitrogen and oxygen atoms in total. The Bertz CT molecular complexity index is 1160. The molecule has 2 heterocycles. The first-order chi connectivity index (χ1) is 14.7. The highest BCUT2D eigenvalue weighted by Crippen LogP contribution is 2.41. The molecule has 1 N–H and O–H groups in total. The average Bonchev–Trinajstić information content (AvgIpc) is 3.23. The van der Waals surface area contributed by atoms with Gasteiger partial charge in [-0.2, -0.15) is 0 Å². The summed E-state index contributed by atoms with van der Waals surface area (Å²) in [7, 11) is 3.27. The van der Waals surface area contributed by atoms with Crippen LogP contribution in [-0.4, -0.2) is 30.8 Å². The number of hydrogen-bond donors (Lipinski definition) is 1. The fourth-order valence-corrected chi connectivity index (χ4v) is 4.14. The molecule has 2 aromatic heterocycles. The Morgan fingerprint density at radius 1 is 0.967 bits per heavy atom. The maximum atomic E-state index is 5.89. The second-order valence-corrected chi connectivity index (χ2v) is 7.45. The van der Waals surface area contributed by atoms with Crippen molar-refractivity contribution in [3.63, 3.8) is 0 Å². The number of fused-ring (bicyclic) bond motifs is 1. The second-order valence-electron chi connectivity index (χ2n) is 6.59. The molecule has 0 fully saturated rings. The van der Waals surface area contributed by atoms with E-state index in [1.807, 2.05) is 42.5 Å². The molecule has 0 bridgehead atoms. The Labute approximate surface area is 179 Å². The van der Waals surface area contributed by atoms with Crippen molar-refractivity contribution >= 4 is 33.1 Å². The molecular formula is C23H23N3O3S. The Morgan fingerprint density at radius 3 is 2.60 bits per heavy atom. The number of nitrogens with zero attached hydrogens (tertiary/aromatic N) is 2. The van der Waals surface area contributed by atoms with Gasteiger partial charge in [0.25, 0.3) is 0 Å². The number of anilines is 2. The molecule has 0 atom stereocenters. The summed E-state index contributed by atoms with van der Waals surface area (Å²) in [4.78, 5) is 9.90. The van der Waals surface area contributed by atoms with Crippen LogP contribution in [0.1, 0.15) is 13.3 Å². The van der Waals surface area contributed by atoms with Gasteiger partial charge >= 0.3 is 0 Å². The fourth-order valence-electron chi connectivity index (χ4n) is 3.22. The molecule has 4 aromatic rings. The van der Waals surface area contributed by atoms with Crippen LogP contribution in [0.3, 0.4) is 0 Å². The highest BCUT2D eigenvalue weighted by molar-refractivity contribution is 7.17. The number of ether oxygens (including phenoxy) is 3. The monoisotopic (exact) mass is 421 g/mol. The summed E-state index contributed by atoms with van der Waals surface area (Å²) in [5.74, 6) is 2.91. The molecule has 0 aliphatic rings. The van der Waals surface area contributed by atoms with Crippen LogP contribution in [0.2, 0.25) is 0 Å². The normalized spacial score (nSPS) is 10.8. The molecule has 0 aliphatic carbocycles. The van der Waals surface area contributed by atoms with Crippen LogP contribution < -0.4 is 19.5 Å². The molecule has 0 aliphatic heterocycles. The topological polar surface area (TPSA) is 65.5 Å². The zero-order chi connectivity index (χ0) is 20.9. The quantitative estimate of drug-likeness (QED) is 0.382. The Kier molecular flexibility index (Phi) is 5.99. The van der Waals surface area contributed by atoms with Crippen molar-refractivity contribution in [3.8, 4) is 28.4 Å². The van der Waals surface area contributed by atoms with Crippen LogP contribution in [0.4, 0.5) is 11.5 Å². The number of rotatable bonds is 8. The van der Waals surface area contributed by atoms with Gasteiger partial charge in [0.15, 0.2) is 11.5 Å². The van der Waals surface area contributed by atoms with Crippen molar-refractivity contribution in [2.75, 3.05) is 26.1 Å². The number of aromatic nitrogens is 2. The third kappa shape index (κ3) is 3.89. The fraction of sp³-hybridized carbons (Fsp3) is 0.217. The molecule has 7 heteroatoms. The highest BCUT2D eigenvalue weighted by atomic mass is 32.1. The Morgan fingerprint density at radius 2 is 1.80 bits per heavy atom. The van der Waals surface area contributed by atoms with E-state index in [4.69, 9.17) is 14.2 Å². The SMILES string of the molecule is CCCOc1ccccc1Nc1ncnc2scc(-c3ccc(OC)c(OC)c3)c12. The zero-order valence-electron chi connectivity index (χ0n) is 17.1. The molecule has 4 rings (SSSR count). The first kappa shape index (κ1) is 20.0. The number of benzene rings is 2. The van der Waals surface area contributed by atoms with E-state index in [0.29, 0.717) is 18.1 Å². The van der Waals surface area contributed by atoms with Gasteiger partial charge in [-0.15, -0.1) is 11.3 Å². The van der Waals surface area contributed by atoms with E-state index in [1.165, 1.54) is 0 Å². The van der Waals surface area contributed by atoms with E-state index in [2.05, 4.69) is 27.6 Å². The third-order valence-corrected chi connectivity index (χ3v) is 5.55. The summed E-state index contributed by atoms with van der Waals surface area (Å²) < 4.78 is 16.7. The molecule has 0 saturated carbocycles. The van der Waals surface area contributed by atoms with Gasteiger partial charge in [-0.05, 0) is 36.2 Å². The predicted octanol–water partition coefficient (Wildman–Crippen LogP) is 5.91. The highest BCUT2D eigenvalue weighted by Gasteiger charge is 2.16. The van der Waals surface area contributed by atoms with Gasteiger partial charge in [0, 0.05) is 10.9 Å². The first-order valence-corrected chi connectivity index (χ1v) is 10.6. The number of para-hydroxylation sites is 2. The average molecular weight is 422 g/mol. The zero-order valence-corrected chi connectivity index (χ0v) is 18.0. The predicted molar refractivity (Wildman–Crippen MR) is 121 cm³/mol. The summed E-state index contributed by atoms with van der Waals surface area (Å²) >= 11 is 1.58. The van der Waals surface area contributed by atoms with Gasteiger partial charge in [0.05, 0.1) is 31.9 Å². The van der Waals surface area contributed by atoms with Gasteiger partial charge in [0.1, 0.15) is 22.7 Å². The van der Waals surface area contributed by atoms with Crippen molar-refractivity contribution in [3.05, 3.63) is 54.2 Å². The lowest BCUT2D eigenvalue weighted by atomic mass is 10.1. The van der Waals surface area contributed by atoms with Gasteiger partial charge in [-0.25, -0.2) is 9.97 Å². The van der Waals surface area contributed by atoms with Crippen LogP contribution in [-0.2, 0) is 0 Å². The minimum Gasteiger partial charge on any atom is -0.493 e. The lowest BCUT2D eigenvalue weighted by Gasteiger charge is -2.14. The van der Waals surface area contributed by atoms with Crippen LogP contribution in [0.25, 0.3) is 21.3 Å². The minimum absolute atomic E-state index is 0.660. The van der Waals surface area contributed by atoms with E-state index >= 15 is 0 Å². The lowest BCUT2D eigenvalue weighted by molar-refractivity contribution is 0.319. The Hall–Kier alpha value is -3.32. The summed E-state index contributed by atoms with van der Waals surface area (Å²) in [5, 5.41) is 6.49. The van der Waals surface area contributed by atoms with Gasteiger partial charge < -0.3 is 19.5 Å². The standard InChI is InChI=1S/C23H23N3O3S/c1-4-11-29-18-8-6-5-7-17(18)26-22-21-16(13-30-23(21)25-14-24-22)15-9-10-19(27-2)20(12-15)28-3/h5-10,12-14H,4,11H2,1-3H3,(H,24,25,26). The molecule has 154 valence electrons. The number of methoxy groups -OCH3 is 2. The van der Waals surface area contributed by atoms with E-state index in [9.17, 15) is 0 Å². The summed E-state index contributed by atoms with van der Waals surface area (Å²) in [6, 6.07) is 13.8. The van der Waals surface area contributed by atoms with Crippen molar-refractivity contribution in [2.45, 2.75) is 13.3 Å². The largest absolute Gasteiger partial charge is 0.493 e. The molecule has 0 spiro atoms. The van der Waals surface area contributed by atoms with Gasteiger partial charge in [-0.3, -0.25) is 0 Å². The van der Waals surface area contributed by atoms with Crippen LogP contribution in [0.15, 0.2) is 54.2 Å². The molecule has 0 saturated heterocycles. The second kappa shape index (κ2) is 9.00. The van der Waals surface area contributed by atoms with Crippen molar-refractivity contribution in [1.82, 2.24) is 9.97 Å². The third-order valence-electron chi connectivity index (χ3n) is 4.67. The molecule has 0 unspecified atom stereocenters. The van der Waals surface area contributed by atoms with Crippen LogP contribution in [0.5, 0.6) is 17.2 Å². The molecular weight excluding hydrogens is 398 g/mol. The van der Waals surface area contributed by atoms with E-state index in [-0.39, 0.29) is 0 Å². The lowest BCUT2D eigenvalue weighted by Crippen LogP contribution is -2.01. The van der Waals surface area contributed by atoms with Crippen LogP contribution in [0, 0.1) is 0 Å². The minimum atomic E-state index is 0.660. The molecule has 0 radical (unpaired) electrons. The van der Waals surface area contributed by atoms with Crippen molar-refractivity contribution in [1.29, 1.82) is 0 Å². The Balaban J connectivity index is 1.78. The first-order valence-electron chi connectivity index (χ1n) is 9.68. The maximum Gasteiger partial charge on any atom is 0.161 e. The summed E-state index contributed by atoms with van der Waals surface area (Å²) in [6.45, 7) is 2.75. The van der Waals surface area contributed by atoms with Gasteiger partial charge in [0.2, 0.25) is 0 Å². The summed E-state index contributed by atoms with van der Waals surface area (Å²) in [5.41, 5.74) is 2.91. The molecule has 0 amide bonds. The van der Waals surface area contributed by atoms with E-state index in [1.54, 1.807) is 31.9 Å². The molecule has 2 aromatic carbocycles. The maximum absolute atomic E-state index is 5.89. The summed E-state index contributed by atoms with van der Waals surface area (Å²) in [6.07, 6.45) is 2.52. The number of thiophene rings is 1. The number of nitrogens with one attached hydrogen (secondary N) is 1. The van der Waals surface area contributed by atoms with Gasteiger partial charge in [-0.1, -0.05) is 25.1 Å². The van der Waals surface area contributed by atoms with E-state index < -0.39 is 0 Å². The van der Waals surface area contributed by atoms with E-state index in [0.717, 1.165) is 45.0 Å². The number of hydrogen-bond acceptors (Lipinski definition) is 7. The van der Waals surface area contributed by atoms with Crippen molar-refractivity contribution in [2.24, 2.45) is 0 Å². The molecule has 30 heavy (non-hydrogen) atoms.